The molecular weight excluding hydrogens is 739 g/mol. The normalized spacial score (nSPS) is 12.9. The van der Waals surface area contributed by atoms with E-state index in [-0.39, 0.29) is 5.41 Å². The topological polar surface area (TPSA) is 16.4 Å². The predicted molar refractivity (Wildman–Crippen MR) is 257 cm³/mol. The third kappa shape index (κ3) is 5.56. The molecule has 11 aromatic rings. The molecule has 0 radical (unpaired) electrons. The second-order valence-corrected chi connectivity index (χ2v) is 16.8. The minimum Gasteiger partial charge on any atom is -0.456 e. The van der Waals surface area contributed by atoms with Crippen molar-refractivity contribution in [1.29, 1.82) is 0 Å². The van der Waals surface area contributed by atoms with Crippen LogP contribution in [0.2, 0.25) is 0 Å². The van der Waals surface area contributed by atoms with E-state index in [0.717, 1.165) is 39.0 Å². The average molecular weight is 780 g/mol. The Morgan fingerprint density at radius 1 is 0.361 bits per heavy atom. The minimum absolute atomic E-state index is 0.161. The first-order valence-corrected chi connectivity index (χ1v) is 21.2. The van der Waals surface area contributed by atoms with Crippen molar-refractivity contribution in [3.05, 3.63) is 223 Å². The van der Waals surface area contributed by atoms with Gasteiger partial charge in [-0.3, -0.25) is 0 Å². The molecule has 0 aliphatic heterocycles. The maximum Gasteiger partial charge on any atom is 0.137 e. The van der Waals surface area contributed by atoms with Gasteiger partial charge in [-0.15, -0.1) is 0 Å². The number of para-hydroxylation sites is 1. The van der Waals surface area contributed by atoms with E-state index in [2.05, 4.69) is 225 Å². The highest BCUT2D eigenvalue weighted by Crippen LogP contribution is 2.53. The summed E-state index contributed by atoms with van der Waals surface area (Å²) in [5.41, 5.74) is 17.2. The summed E-state index contributed by atoms with van der Waals surface area (Å²) < 4.78 is 6.57. The van der Waals surface area contributed by atoms with Gasteiger partial charge in [0.1, 0.15) is 11.2 Å². The standard InChI is InChI=1S/C59H41NO/c1-59(2)53-24-12-10-21-47(53)48-33-29-41(36-54(48)59)58-51(52-35-40-17-6-7-18-44(40)45-19-8-9-20-46(45)52)23-14-25-55(58)60(42-30-27-39(28-31-42)38-15-4-3-5-16-38)43-32-34-50-49-22-11-13-26-56(49)61-57(50)37-43/h3-37H,1-2H3. The molecule has 0 saturated carbocycles. The third-order valence-corrected chi connectivity index (χ3v) is 13.1. The van der Waals surface area contributed by atoms with Gasteiger partial charge in [0.2, 0.25) is 0 Å². The Balaban J connectivity index is 1.16. The third-order valence-electron chi connectivity index (χ3n) is 13.1. The summed E-state index contributed by atoms with van der Waals surface area (Å²) in [6.07, 6.45) is 0. The predicted octanol–water partition coefficient (Wildman–Crippen LogP) is 16.7. The molecule has 1 aliphatic carbocycles. The molecule has 1 heterocycles. The summed E-state index contributed by atoms with van der Waals surface area (Å²) in [5, 5.41) is 7.20. The highest BCUT2D eigenvalue weighted by molar-refractivity contribution is 6.16. The molecule has 12 rings (SSSR count). The molecule has 2 heteroatoms. The lowest BCUT2D eigenvalue weighted by Crippen LogP contribution is -2.15. The van der Waals surface area contributed by atoms with Crippen LogP contribution < -0.4 is 4.90 Å². The van der Waals surface area contributed by atoms with Gasteiger partial charge in [-0.25, -0.2) is 0 Å². The molecule has 288 valence electrons. The van der Waals surface area contributed by atoms with E-state index in [0.29, 0.717) is 0 Å². The highest BCUT2D eigenvalue weighted by Gasteiger charge is 2.36. The minimum atomic E-state index is -0.161. The molecule has 0 atom stereocenters. The van der Waals surface area contributed by atoms with E-state index in [1.54, 1.807) is 0 Å². The number of furan rings is 1. The summed E-state index contributed by atoms with van der Waals surface area (Å²) in [7, 11) is 0. The van der Waals surface area contributed by atoms with Crippen LogP contribution in [0.3, 0.4) is 0 Å². The zero-order valence-corrected chi connectivity index (χ0v) is 34.1. The molecule has 0 bridgehead atoms. The molecule has 0 unspecified atom stereocenters. The molecule has 0 N–H and O–H groups in total. The number of benzene rings is 10. The van der Waals surface area contributed by atoms with Gasteiger partial charge in [-0.1, -0.05) is 172 Å². The van der Waals surface area contributed by atoms with Crippen molar-refractivity contribution in [2.45, 2.75) is 19.3 Å². The number of hydrogen-bond acceptors (Lipinski definition) is 2. The lowest BCUT2D eigenvalue weighted by molar-refractivity contribution is 0.660. The fraction of sp³-hybridized carbons (Fsp3) is 0.0508. The van der Waals surface area contributed by atoms with Crippen LogP contribution in [-0.2, 0) is 5.41 Å². The van der Waals surface area contributed by atoms with Gasteiger partial charge < -0.3 is 9.32 Å². The molecule has 1 aliphatic rings. The second kappa shape index (κ2) is 13.7. The Morgan fingerprint density at radius 2 is 0.984 bits per heavy atom. The molecule has 2 nitrogen and oxygen atoms in total. The van der Waals surface area contributed by atoms with Crippen LogP contribution >= 0.6 is 0 Å². The van der Waals surface area contributed by atoms with Crippen molar-refractivity contribution in [2.75, 3.05) is 4.90 Å². The molecule has 0 amide bonds. The molecule has 0 fully saturated rings. The Morgan fingerprint density at radius 3 is 1.84 bits per heavy atom. The molecular formula is C59H41NO. The smallest absolute Gasteiger partial charge is 0.137 e. The Labute approximate surface area is 355 Å². The summed E-state index contributed by atoms with van der Waals surface area (Å²) >= 11 is 0. The molecule has 10 aromatic carbocycles. The summed E-state index contributed by atoms with van der Waals surface area (Å²) in [4.78, 5) is 2.43. The van der Waals surface area contributed by atoms with E-state index in [4.69, 9.17) is 4.42 Å². The van der Waals surface area contributed by atoms with E-state index >= 15 is 0 Å². The Hall–Kier alpha value is -7.68. The Kier molecular flexibility index (Phi) is 7.92. The number of anilines is 3. The van der Waals surface area contributed by atoms with Gasteiger partial charge >= 0.3 is 0 Å². The summed E-state index contributed by atoms with van der Waals surface area (Å²) in [6.45, 7) is 4.74. The lowest BCUT2D eigenvalue weighted by atomic mass is 9.80. The SMILES string of the molecule is CC1(C)c2ccccc2-c2ccc(-c3c(-c4cc5ccccc5c5ccccc45)cccc3N(c3ccc(-c4ccccc4)cc3)c3ccc4c(c3)oc3ccccc34)cc21. The van der Waals surface area contributed by atoms with E-state index < -0.39 is 0 Å². The van der Waals surface area contributed by atoms with Crippen LogP contribution in [0.5, 0.6) is 0 Å². The van der Waals surface area contributed by atoms with Gasteiger partial charge in [0, 0.05) is 39.2 Å². The maximum absolute atomic E-state index is 6.57. The van der Waals surface area contributed by atoms with Crippen molar-refractivity contribution >= 4 is 60.5 Å². The monoisotopic (exact) mass is 779 g/mol. The molecule has 1 aromatic heterocycles. The van der Waals surface area contributed by atoms with Crippen LogP contribution in [0, 0.1) is 0 Å². The van der Waals surface area contributed by atoms with Crippen molar-refractivity contribution in [2.24, 2.45) is 0 Å². The number of rotatable bonds is 6. The lowest BCUT2D eigenvalue weighted by Gasteiger charge is -2.30. The molecule has 0 saturated heterocycles. The van der Waals surface area contributed by atoms with Gasteiger partial charge in [0.05, 0.1) is 5.69 Å². The van der Waals surface area contributed by atoms with Crippen molar-refractivity contribution < 1.29 is 4.42 Å². The van der Waals surface area contributed by atoms with Crippen molar-refractivity contribution in [3.63, 3.8) is 0 Å². The van der Waals surface area contributed by atoms with E-state index in [1.807, 2.05) is 6.07 Å². The van der Waals surface area contributed by atoms with Crippen molar-refractivity contribution in [1.82, 2.24) is 0 Å². The number of fused-ring (bicyclic) bond motifs is 9. The fourth-order valence-electron chi connectivity index (χ4n) is 10.1. The van der Waals surface area contributed by atoms with Crippen LogP contribution in [-0.4, -0.2) is 0 Å². The number of nitrogens with zero attached hydrogens (tertiary/aromatic N) is 1. The zero-order valence-electron chi connectivity index (χ0n) is 34.1. The van der Waals surface area contributed by atoms with Crippen molar-refractivity contribution in [3.8, 4) is 44.5 Å². The van der Waals surface area contributed by atoms with Crippen LogP contribution in [0.4, 0.5) is 17.1 Å². The van der Waals surface area contributed by atoms with Crippen LogP contribution in [0.15, 0.2) is 217 Å². The van der Waals surface area contributed by atoms with Crippen LogP contribution in [0.25, 0.3) is 88.0 Å². The molecule has 0 spiro atoms. The summed E-state index contributed by atoms with van der Waals surface area (Å²) in [5.74, 6) is 0. The Bertz CT molecular complexity index is 3500. The van der Waals surface area contributed by atoms with E-state index in [9.17, 15) is 0 Å². The second-order valence-electron chi connectivity index (χ2n) is 16.8. The number of hydrogen-bond donors (Lipinski definition) is 0. The largest absolute Gasteiger partial charge is 0.456 e. The first kappa shape index (κ1) is 35.3. The van der Waals surface area contributed by atoms with E-state index in [1.165, 1.54) is 77.2 Å². The molecule has 61 heavy (non-hydrogen) atoms. The zero-order chi connectivity index (χ0) is 40.7. The quantitative estimate of drug-likeness (QED) is 0.156. The van der Waals surface area contributed by atoms with Gasteiger partial charge in [0.15, 0.2) is 0 Å². The van der Waals surface area contributed by atoms with Gasteiger partial charge in [0.25, 0.3) is 0 Å². The first-order chi connectivity index (χ1) is 30.0. The maximum atomic E-state index is 6.57. The van der Waals surface area contributed by atoms with Gasteiger partial charge in [-0.05, 0) is 120 Å². The average Bonchev–Trinajstić information content (AvgIpc) is 3.80. The van der Waals surface area contributed by atoms with Gasteiger partial charge in [-0.2, -0.15) is 0 Å². The fourth-order valence-corrected chi connectivity index (χ4v) is 10.1. The highest BCUT2D eigenvalue weighted by atomic mass is 16.3. The summed E-state index contributed by atoms with van der Waals surface area (Å²) in [6, 6.07) is 77.6. The van der Waals surface area contributed by atoms with Crippen LogP contribution in [0.1, 0.15) is 25.0 Å². The first-order valence-electron chi connectivity index (χ1n) is 21.2.